The first-order valence-electron chi connectivity index (χ1n) is 5.40. The molecule has 0 aromatic rings. The first-order chi connectivity index (χ1) is 8.00. The second kappa shape index (κ2) is 6.19. The lowest BCUT2D eigenvalue weighted by molar-refractivity contribution is -0.138. The van der Waals surface area contributed by atoms with Gasteiger partial charge in [-0.05, 0) is 6.92 Å². The maximum absolute atomic E-state index is 11.7. The number of morpholine rings is 1. The Labute approximate surface area is 98.7 Å². The molecule has 0 bridgehead atoms. The van der Waals surface area contributed by atoms with E-state index >= 15 is 0 Å². The Balaban J connectivity index is 2.37. The number of ether oxygens (including phenoxy) is 1. The topological polar surface area (TPSA) is 95.9 Å². The van der Waals surface area contributed by atoms with E-state index in [4.69, 9.17) is 9.84 Å². The van der Waals surface area contributed by atoms with Gasteiger partial charge in [0, 0.05) is 13.0 Å². The van der Waals surface area contributed by atoms with Gasteiger partial charge in [-0.2, -0.15) is 0 Å². The van der Waals surface area contributed by atoms with Crippen LogP contribution in [-0.2, 0) is 14.3 Å². The molecule has 1 rings (SSSR count). The van der Waals surface area contributed by atoms with E-state index < -0.39 is 17.9 Å². The van der Waals surface area contributed by atoms with Gasteiger partial charge in [0.05, 0.1) is 25.7 Å². The number of imide groups is 1. The molecule has 0 aromatic heterocycles. The van der Waals surface area contributed by atoms with Gasteiger partial charge in [0.15, 0.2) is 0 Å². The van der Waals surface area contributed by atoms with Crippen LogP contribution < -0.4 is 5.32 Å². The van der Waals surface area contributed by atoms with Crippen molar-refractivity contribution in [2.24, 2.45) is 0 Å². The number of carbonyl (C=O) groups is 3. The van der Waals surface area contributed by atoms with E-state index in [0.717, 1.165) is 0 Å². The predicted octanol–water partition coefficient (Wildman–Crippen LogP) is -0.192. The minimum absolute atomic E-state index is 0.0870. The third-order valence-corrected chi connectivity index (χ3v) is 2.44. The van der Waals surface area contributed by atoms with Crippen LogP contribution in [0.3, 0.4) is 0 Å². The van der Waals surface area contributed by atoms with E-state index in [1.807, 2.05) is 6.92 Å². The summed E-state index contributed by atoms with van der Waals surface area (Å²) in [6.45, 7) is 3.14. The highest BCUT2D eigenvalue weighted by Gasteiger charge is 2.24. The van der Waals surface area contributed by atoms with Crippen LogP contribution in [0.2, 0.25) is 0 Å². The molecule has 17 heavy (non-hydrogen) atoms. The fourth-order valence-corrected chi connectivity index (χ4v) is 1.50. The molecular formula is C10H16N2O5. The third-order valence-electron chi connectivity index (χ3n) is 2.44. The van der Waals surface area contributed by atoms with Gasteiger partial charge in [0.1, 0.15) is 0 Å². The van der Waals surface area contributed by atoms with Crippen LogP contribution in [0, 0.1) is 0 Å². The van der Waals surface area contributed by atoms with Crippen molar-refractivity contribution in [1.82, 2.24) is 10.2 Å². The zero-order chi connectivity index (χ0) is 12.8. The molecule has 1 heterocycles. The molecule has 0 radical (unpaired) electrons. The Morgan fingerprint density at radius 2 is 2.12 bits per heavy atom. The van der Waals surface area contributed by atoms with Crippen LogP contribution >= 0.6 is 0 Å². The molecule has 0 aliphatic carbocycles. The Morgan fingerprint density at radius 3 is 2.71 bits per heavy atom. The van der Waals surface area contributed by atoms with Crippen LogP contribution in [-0.4, -0.2) is 53.7 Å². The lowest BCUT2D eigenvalue weighted by Gasteiger charge is -2.32. The molecule has 0 saturated carbocycles. The lowest BCUT2D eigenvalue weighted by Crippen LogP contribution is -2.52. The average molecular weight is 244 g/mol. The van der Waals surface area contributed by atoms with Gasteiger partial charge >= 0.3 is 12.0 Å². The zero-order valence-corrected chi connectivity index (χ0v) is 9.64. The molecule has 7 nitrogen and oxygen atoms in total. The minimum atomic E-state index is -1.06. The van der Waals surface area contributed by atoms with Gasteiger partial charge in [0.25, 0.3) is 0 Å². The average Bonchev–Trinajstić information content (AvgIpc) is 2.26. The molecule has 1 aliphatic rings. The van der Waals surface area contributed by atoms with Crippen LogP contribution in [0.25, 0.3) is 0 Å². The first-order valence-corrected chi connectivity index (χ1v) is 5.40. The molecule has 0 aromatic carbocycles. The van der Waals surface area contributed by atoms with Gasteiger partial charge in [0.2, 0.25) is 5.91 Å². The first kappa shape index (κ1) is 13.4. The summed E-state index contributed by atoms with van der Waals surface area (Å²) in [5.41, 5.74) is 0. The second-order valence-corrected chi connectivity index (χ2v) is 3.86. The number of nitrogens with zero attached hydrogens (tertiary/aromatic N) is 1. The molecular weight excluding hydrogens is 228 g/mol. The van der Waals surface area contributed by atoms with Crippen LogP contribution in [0.5, 0.6) is 0 Å². The number of urea groups is 1. The summed E-state index contributed by atoms with van der Waals surface area (Å²) >= 11 is 0. The molecule has 7 heteroatoms. The van der Waals surface area contributed by atoms with Crippen molar-refractivity contribution in [1.29, 1.82) is 0 Å². The normalized spacial score (nSPS) is 19.8. The number of carboxylic acid groups (broad SMARTS) is 1. The fourth-order valence-electron chi connectivity index (χ4n) is 1.50. The Bertz CT molecular complexity index is 318. The number of rotatable bonds is 3. The summed E-state index contributed by atoms with van der Waals surface area (Å²) in [5.74, 6) is -1.64. The zero-order valence-electron chi connectivity index (χ0n) is 9.64. The predicted molar refractivity (Wildman–Crippen MR) is 57.4 cm³/mol. The van der Waals surface area contributed by atoms with Crippen molar-refractivity contribution in [3.05, 3.63) is 0 Å². The lowest BCUT2D eigenvalue weighted by atomic mass is 10.2. The van der Waals surface area contributed by atoms with E-state index in [2.05, 4.69) is 5.32 Å². The van der Waals surface area contributed by atoms with E-state index in [-0.39, 0.29) is 18.9 Å². The third kappa shape index (κ3) is 4.39. The van der Waals surface area contributed by atoms with E-state index in [1.165, 1.54) is 4.90 Å². The quantitative estimate of drug-likeness (QED) is 0.717. The number of aliphatic carboxylic acids is 1. The second-order valence-electron chi connectivity index (χ2n) is 3.86. The van der Waals surface area contributed by atoms with E-state index in [0.29, 0.717) is 19.8 Å². The number of carbonyl (C=O) groups excluding carboxylic acids is 2. The van der Waals surface area contributed by atoms with Gasteiger partial charge in [-0.3, -0.25) is 14.9 Å². The molecule has 1 aliphatic heterocycles. The smallest absolute Gasteiger partial charge is 0.324 e. The molecule has 1 fully saturated rings. The molecule has 0 spiro atoms. The minimum Gasteiger partial charge on any atom is -0.481 e. The van der Waals surface area contributed by atoms with Crippen molar-refractivity contribution < 1.29 is 24.2 Å². The summed E-state index contributed by atoms with van der Waals surface area (Å²) in [7, 11) is 0. The van der Waals surface area contributed by atoms with Crippen LogP contribution in [0.4, 0.5) is 4.79 Å². The van der Waals surface area contributed by atoms with Crippen LogP contribution in [0.1, 0.15) is 19.8 Å². The Kier molecular flexibility index (Phi) is 4.89. The Hall–Kier alpha value is -1.63. The van der Waals surface area contributed by atoms with Gasteiger partial charge in [-0.15, -0.1) is 0 Å². The summed E-state index contributed by atoms with van der Waals surface area (Å²) in [6.07, 6.45) is -0.475. The molecule has 1 saturated heterocycles. The van der Waals surface area contributed by atoms with Crippen molar-refractivity contribution in [2.75, 3.05) is 19.8 Å². The highest BCUT2D eigenvalue weighted by molar-refractivity contribution is 5.95. The van der Waals surface area contributed by atoms with Gasteiger partial charge in [-0.25, -0.2) is 4.79 Å². The highest BCUT2D eigenvalue weighted by atomic mass is 16.5. The molecule has 1 unspecified atom stereocenters. The molecule has 2 N–H and O–H groups in total. The summed E-state index contributed by atoms with van der Waals surface area (Å²) in [6, 6.07) is -0.577. The van der Waals surface area contributed by atoms with Crippen molar-refractivity contribution in [3.8, 4) is 0 Å². The number of nitrogens with one attached hydrogen (secondary N) is 1. The fraction of sp³-hybridized carbons (Fsp3) is 0.700. The molecule has 1 atom stereocenters. The van der Waals surface area contributed by atoms with Gasteiger partial charge < -0.3 is 14.7 Å². The van der Waals surface area contributed by atoms with Crippen molar-refractivity contribution >= 4 is 17.9 Å². The SMILES string of the molecule is CC1COCCN1C(=O)NC(=O)CCC(=O)O. The Morgan fingerprint density at radius 1 is 1.41 bits per heavy atom. The standard InChI is InChI=1S/C10H16N2O5/c1-7-6-17-5-4-12(7)10(16)11-8(13)2-3-9(14)15/h7H,2-6H2,1H3,(H,14,15)(H,11,13,16). The van der Waals surface area contributed by atoms with E-state index in [1.54, 1.807) is 0 Å². The molecule has 96 valence electrons. The summed E-state index contributed by atoms with van der Waals surface area (Å²) < 4.78 is 5.16. The largest absolute Gasteiger partial charge is 0.481 e. The number of carboxylic acids is 1. The van der Waals surface area contributed by atoms with Crippen molar-refractivity contribution in [2.45, 2.75) is 25.8 Å². The van der Waals surface area contributed by atoms with E-state index in [9.17, 15) is 14.4 Å². The molecule has 3 amide bonds. The number of hydrogen-bond donors (Lipinski definition) is 2. The van der Waals surface area contributed by atoms with Crippen molar-refractivity contribution in [3.63, 3.8) is 0 Å². The maximum Gasteiger partial charge on any atom is 0.324 e. The van der Waals surface area contributed by atoms with Gasteiger partial charge in [-0.1, -0.05) is 0 Å². The highest BCUT2D eigenvalue weighted by Crippen LogP contribution is 2.06. The summed E-state index contributed by atoms with van der Waals surface area (Å²) in [5, 5.41) is 10.6. The number of hydrogen-bond acceptors (Lipinski definition) is 4. The summed E-state index contributed by atoms with van der Waals surface area (Å²) in [4.78, 5) is 34.7. The monoisotopic (exact) mass is 244 g/mol. The van der Waals surface area contributed by atoms with Crippen LogP contribution in [0.15, 0.2) is 0 Å². The maximum atomic E-state index is 11.7. The number of amides is 3.